The van der Waals surface area contributed by atoms with Crippen LogP contribution in [-0.4, -0.2) is 74.3 Å². The van der Waals surface area contributed by atoms with Crippen LogP contribution in [0.4, 0.5) is 26.7 Å². The van der Waals surface area contributed by atoms with Crippen molar-refractivity contribution in [1.82, 2.24) is 10.2 Å². The number of imide groups is 1. The van der Waals surface area contributed by atoms with Gasteiger partial charge in [-0.2, -0.15) is 0 Å². The Hall–Kier alpha value is -2.97. The number of piperazine rings is 1. The zero-order valence-corrected chi connectivity index (χ0v) is 18.0. The molecule has 3 aliphatic rings. The van der Waals surface area contributed by atoms with E-state index in [1.807, 2.05) is 46.0 Å². The molecule has 9 heteroatoms. The molecule has 0 spiro atoms. The number of carbonyl (C=O) groups excluding carboxylic acids is 3. The van der Waals surface area contributed by atoms with Crippen molar-refractivity contribution in [1.29, 1.82) is 0 Å². The van der Waals surface area contributed by atoms with Crippen LogP contribution in [-0.2, 0) is 9.53 Å². The average Bonchev–Trinajstić information content (AvgIpc) is 2.66. The number of likely N-dealkylation sites (N-methyl/N-ethyl adjacent to an activating group) is 1. The number of anilines is 3. The third-order valence-corrected chi connectivity index (χ3v) is 5.66. The summed E-state index contributed by atoms with van der Waals surface area (Å²) in [4.78, 5) is 44.0. The molecular formula is C21H29N5O4. The van der Waals surface area contributed by atoms with Crippen molar-refractivity contribution in [3.05, 3.63) is 18.2 Å². The maximum Gasteiger partial charge on any atom is 0.410 e. The quantitative estimate of drug-likeness (QED) is 0.755. The Kier molecular flexibility index (Phi) is 4.99. The molecule has 0 radical (unpaired) electrons. The van der Waals surface area contributed by atoms with Gasteiger partial charge in [0, 0.05) is 51.9 Å². The Labute approximate surface area is 176 Å². The summed E-state index contributed by atoms with van der Waals surface area (Å²) in [6.07, 6.45) is 0.0319. The second-order valence-electron chi connectivity index (χ2n) is 9.08. The number of hydrogen-bond acceptors (Lipinski definition) is 6. The molecule has 0 saturated carbocycles. The molecule has 1 aromatic rings. The largest absolute Gasteiger partial charge is 0.444 e. The van der Waals surface area contributed by atoms with E-state index >= 15 is 0 Å². The van der Waals surface area contributed by atoms with E-state index in [1.165, 1.54) is 0 Å². The fourth-order valence-electron chi connectivity index (χ4n) is 4.27. The van der Waals surface area contributed by atoms with Crippen molar-refractivity contribution in [2.45, 2.75) is 38.8 Å². The van der Waals surface area contributed by atoms with Crippen molar-refractivity contribution in [3.63, 3.8) is 0 Å². The maximum absolute atomic E-state index is 12.5. The molecule has 1 N–H and O–H groups in total. The summed E-state index contributed by atoms with van der Waals surface area (Å²) in [5.41, 5.74) is 2.40. The number of urea groups is 1. The van der Waals surface area contributed by atoms with Crippen LogP contribution in [0.25, 0.3) is 0 Å². The van der Waals surface area contributed by atoms with Crippen molar-refractivity contribution in [2.24, 2.45) is 0 Å². The van der Waals surface area contributed by atoms with Gasteiger partial charge < -0.3 is 19.4 Å². The van der Waals surface area contributed by atoms with Crippen LogP contribution in [0.1, 0.15) is 27.2 Å². The third kappa shape index (κ3) is 3.88. The van der Waals surface area contributed by atoms with Gasteiger partial charge in [-0.15, -0.1) is 0 Å². The van der Waals surface area contributed by atoms with Gasteiger partial charge in [-0.3, -0.25) is 15.0 Å². The average molecular weight is 415 g/mol. The van der Waals surface area contributed by atoms with Gasteiger partial charge in [-0.25, -0.2) is 9.59 Å². The van der Waals surface area contributed by atoms with Gasteiger partial charge in [-0.05, 0) is 39.0 Å². The molecule has 4 rings (SSSR count). The van der Waals surface area contributed by atoms with Gasteiger partial charge in [0.15, 0.2) is 0 Å². The molecule has 3 aliphatic heterocycles. The molecule has 3 heterocycles. The highest BCUT2D eigenvalue weighted by Crippen LogP contribution is 2.39. The first-order valence-corrected chi connectivity index (χ1v) is 10.3. The summed E-state index contributed by atoms with van der Waals surface area (Å²) < 4.78 is 5.54. The predicted octanol–water partition coefficient (Wildman–Crippen LogP) is 2.01. The van der Waals surface area contributed by atoms with Crippen LogP contribution in [0, 0.1) is 0 Å². The second-order valence-corrected chi connectivity index (χ2v) is 9.08. The van der Waals surface area contributed by atoms with Crippen LogP contribution >= 0.6 is 0 Å². The van der Waals surface area contributed by atoms with Crippen molar-refractivity contribution >= 4 is 35.1 Å². The summed E-state index contributed by atoms with van der Waals surface area (Å²) in [5.74, 6) is -0.239. The lowest BCUT2D eigenvalue weighted by Gasteiger charge is -2.49. The summed E-state index contributed by atoms with van der Waals surface area (Å²) in [7, 11) is 2.02. The van der Waals surface area contributed by atoms with E-state index < -0.39 is 5.60 Å². The molecule has 30 heavy (non-hydrogen) atoms. The Bertz CT molecular complexity index is 881. The Morgan fingerprint density at radius 1 is 1.10 bits per heavy atom. The number of carbonyl (C=O) groups is 3. The fourth-order valence-corrected chi connectivity index (χ4v) is 4.27. The Morgan fingerprint density at radius 3 is 2.57 bits per heavy atom. The van der Waals surface area contributed by atoms with Crippen molar-refractivity contribution in [3.8, 4) is 0 Å². The zero-order chi connectivity index (χ0) is 21.6. The number of rotatable bonds is 1. The van der Waals surface area contributed by atoms with E-state index in [9.17, 15) is 14.4 Å². The number of hydrogen-bond donors (Lipinski definition) is 1. The highest BCUT2D eigenvalue weighted by Gasteiger charge is 2.37. The standard InChI is InChI=1S/C21H29N5O4/c1-21(2,3)30-20(29)24-9-10-25-15(13-24)12-23(4)17-11-14(5-6-16(17)25)26-8-7-18(27)22-19(26)28/h5-6,11,15H,7-10,12-13H2,1-4H3,(H,22,27,28). The molecule has 1 unspecified atom stereocenters. The molecule has 4 amide bonds. The molecule has 2 saturated heterocycles. The molecule has 2 fully saturated rings. The molecule has 162 valence electrons. The highest BCUT2D eigenvalue weighted by atomic mass is 16.6. The van der Waals surface area contributed by atoms with Gasteiger partial charge >= 0.3 is 12.1 Å². The number of nitrogens with one attached hydrogen (secondary N) is 1. The predicted molar refractivity (Wildman–Crippen MR) is 114 cm³/mol. The van der Waals surface area contributed by atoms with Gasteiger partial charge in [0.2, 0.25) is 5.91 Å². The van der Waals surface area contributed by atoms with Gasteiger partial charge in [-0.1, -0.05) is 0 Å². The number of benzene rings is 1. The first kappa shape index (κ1) is 20.3. The number of amides is 4. The molecule has 0 aromatic heterocycles. The molecule has 1 atom stereocenters. The fraction of sp³-hybridized carbons (Fsp3) is 0.571. The van der Waals surface area contributed by atoms with Crippen LogP contribution in [0.2, 0.25) is 0 Å². The van der Waals surface area contributed by atoms with Crippen molar-refractivity contribution < 1.29 is 19.1 Å². The smallest absolute Gasteiger partial charge is 0.410 e. The summed E-state index contributed by atoms with van der Waals surface area (Å²) in [5, 5.41) is 2.37. The van der Waals surface area contributed by atoms with E-state index in [4.69, 9.17) is 4.74 Å². The lowest BCUT2D eigenvalue weighted by molar-refractivity contribution is -0.120. The van der Waals surface area contributed by atoms with Gasteiger partial charge in [0.1, 0.15) is 5.60 Å². The van der Waals surface area contributed by atoms with E-state index in [0.29, 0.717) is 26.1 Å². The van der Waals surface area contributed by atoms with Crippen LogP contribution in [0.3, 0.4) is 0 Å². The second kappa shape index (κ2) is 7.37. The lowest BCUT2D eigenvalue weighted by Crippen LogP contribution is -2.60. The van der Waals surface area contributed by atoms with E-state index in [1.54, 1.807) is 9.80 Å². The first-order chi connectivity index (χ1) is 14.1. The number of fused-ring (bicyclic) bond motifs is 3. The van der Waals surface area contributed by atoms with Crippen molar-refractivity contribution in [2.75, 3.05) is 54.5 Å². The topological polar surface area (TPSA) is 85.4 Å². The SMILES string of the molecule is CN1CC2CN(C(=O)OC(C)(C)C)CCN2c2ccc(N3CCC(=O)NC3=O)cc21. The summed E-state index contributed by atoms with van der Waals surface area (Å²) in [6.45, 7) is 8.71. The summed E-state index contributed by atoms with van der Waals surface area (Å²) in [6, 6.07) is 5.74. The lowest BCUT2D eigenvalue weighted by atomic mass is 10.0. The van der Waals surface area contributed by atoms with Crippen LogP contribution in [0.5, 0.6) is 0 Å². The Morgan fingerprint density at radius 2 is 1.87 bits per heavy atom. The van der Waals surface area contributed by atoms with Crippen LogP contribution < -0.4 is 20.0 Å². The number of ether oxygens (including phenoxy) is 1. The molecule has 0 bridgehead atoms. The van der Waals surface area contributed by atoms with Gasteiger partial charge in [0.05, 0.1) is 17.4 Å². The molecular weight excluding hydrogens is 386 g/mol. The monoisotopic (exact) mass is 415 g/mol. The molecule has 0 aliphatic carbocycles. The van der Waals surface area contributed by atoms with E-state index in [0.717, 1.165) is 30.2 Å². The minimum Gasteiger partial charge on any atom is -0.444 e. The molecule has 9 nitrogen and oxygen atoms in total. The first-order valence-electron chi connectivity index (χ1n) is 10.3. The minimum absolute atomic E-state index is 0.172. The third-order valence-electron chi connectivity index (χ3n) is 5.66. The normalized spacial score (nSPS) is 21.8. The highest BCUT2D eigenvalue weighted by molar-refractivity contribution is 6.06. The maximum atomic E-state index is 12.5. The molecule has 1 aromatic carbocycles. The number of nitrogens with zero attached hydrogens (tertiary/aromatic N) is 4. The van der Waals surface area contributed by atoms with E-state index in [-0.39, 0.29) is 24.1 Å². The Balaban J connectivity index is 1.52. The van der Waals surface area contributed by atoms with Crippen LogP contribution in [0.15, 0.2) is 18.2 Å². The van der Waals surface area contributed by atoms with E-state index in [2.05, 4.69) is 15.1 Å². The zero-order valence-electron chi connectivity index (χ0n) is 18.0. The minimum atomic E-state index is -0.508. The van der Waals surface area contributed by atoms with Gasteiger partial charge in [0.25, 0.3) is 0 Å². The summed E-state index contributed by atoms with van der Waals surface area (Å²) >= 11 is 0.